The highest BCUT2D eigenvalue weighted by molar-refractivity contribution is 7.94. The quantitative estimate of drug-likeness (QED) is 0.492. The number of nitrogens with zero attached hydrogens (tertiary/aromatic N) is 4. The Morgan fingerprint density at radius 3 is 2.48 bits per heavy atom. The molecule has 21 heavy (non-hydrogen) atoms. The van der Waals surface area contributed by atoms with Gasteiger partial charge in [0.05, 0.1) is 4.90 Å². The maximum atomic E-state index is 12.3. The van der Waals surface area contributed by atoms with Crippen molar-refractivity contribution in [1.82, 2.24) is 0 Å². The lowest BCUT2D eigenvalue weighted by Crippen LogP contribution is -2.09. The van der Waals surface area contributed by atoms with E-state index in [0.29, 0.717) is 5.39 Å². The fourth-order valence-corrected chi connectivity index (χ4v) is 3.23. The SMILES string of the molecule is CN(C)c1cccc2c(S(=O)(=O)C=CN=[N+]=[N-])cccc12. The first-order valence-corrected chi connectivity index (χ1v) is 7.67. The van der Waals surface area contributed by atoms with Gasteiger partial charge in [-0.3, -0.25) is 0 Å². The van der Waals surface area contributed by atoms with Gasteiger partial charge in [0, 0.05) is 47.1 Å². The second kappa shape index (κ2) is 5.87. The van der Waals surface area contributed by atoms with E-state index in [4.69, 9.17) is 5.53 Å². The van der Waals surface area contributed by atoms with E-state index in [9.17, 15) is 8.42 Å². The van der Waals surface area contributed by atoms with Crippen LogP contribution in [0.2, 0.25) is 0 Å². The minimum Gasteiger partial charge on any atom is -0.377 e. The molecule has 108 valence electrons. The van der Waals surface area contributed by atoms with Gasteiger partial charge >= 0.3 is 0 Å². The third-order valence-corrected chi connectivity index (χ3v) is 4.45. The molecule has 2 aromatic carbocycles. The molecular weight excluding hydrogens is 288 g/mol. The third-order valence-electron chi connectivity index (χ3n) is 3.01. The van der Waals surface area contributed by atoms with E-state index in [1.54, 1.807) is 12.1 Å². The smallest absolute Gasteiger partial charge is 0.200 e. The number of fused-ring (bicyclic) bond motifs is 1. The Kier molecular flexibility index (Phi) is 4.16. The first-order valence-electron chi connectivity index (χ1n) is 6.12. The summed E-state index contributed by atoms with van der Waals surface area (Å²) in [6, 6.07) is 10.6. The monoisotopic (exact) mass is 302 g/mol. The molecule has 0 unspecified atom stereocenters. The van der Waals surface area contributed by atoms with Crippen LogP contribution in [0.15, 0.2) is 58.0 Å². The van der Waals surface area contributed by atoms with Crippen molar-refractivity contribution >= 4 is 26.3 Å². The van der Waals surface area contributed by atoms with Crippen LogP contribution in [0.1, 0.15) is 0 Å². The molecular formula is C14H14N4O2S. The molecule has 0 spiro atoms. The molecule has 2 rings (SSSR count). The summed E-state index contributed by atoms with van der Waals surface area (Å²) in [4.78, 5) is 4.61. The van der Waals surface area contributed by atoms with Crippen molar-refractivity contribution in [2.24, 2.45) is 5.11 Å². The van der Waals surface area contributed by atoms with Crippen LogP contribution in [0.4, 0.5) is 5.69 Å². The van der Waals surface area contributed by atoms with Crippen molar-refractivity contribution < 1.29 is 8.42 Å². The second-order valence-electron chi connectivity index (χ2n) is 4.56. The van der Waals surface area contributed by atoms with E-state index in [1.807, 2.05) is 37.2 Å². The Balaban J connectivity index is 2.72. The predicted molar refractivity (Wildman–Crippen MR) is 83.7 cm³/mol. The molecule has 0 saturated heterocycles. The summed E-state index contributed by atoms with van der Waals surface area (Å²) < 4.78 is 24.6. The molecule has 0 aliphatic carbocycles. The van der Waals surface area contributed by atoms with E-state index in [1.165, 1.54) is 6.07 Å². The fraction of sp³-hybridized carbons (Fsp3) is 0.143. The molecule has 2 aromatic rings. The van der Waals surface area contributed by atoms with Crippen LogP contribution in [0.5, 0.6) is 0 Å². The molecule has 0 saturated carbocycles. The van der Waals surface area contributed by atoms with Crippen LogP contribution in [0, 0.1) is 0 Å². The van der Waals surface area contributed by atoms with Crippen LogP contribution in [-0.2, 0) is 9.84 Å². The third kappa shape index (κ3) is 2.99. The maximum absolute atomic E-state index is 12.3. The predicted octanol–water partition coefficient (Wildman–Crippen LogP) is 3.46. The molecule has 0 amide bonds. The second-order valence-corrected chi connectivity index (χ2v) is 6.36. The van der Waals surface area contributed by atoms with E-state index >= 15 is 0 Å². The fourth-order valence-electron chi connectivity index (χ4n) is 2.11. The van der Waals surface area contributed by atoms with Gasteiger partial charge in [0.1, 0.15) is 0 Å². The summed E-state index contributed by atoms with van der Waals surface area (Å²) in [5, 5.41) is 5.51. The topological polar surface area (TPSA) is 86.1 Å². The van der Waals surface area contributed by atoms with Crippen LogP contribution in [0.25, 0.3) is 21.2 Å². The average Bonchev–Trinajstić information content (AvgIpc) is 2.46. The lowest BCUT2D eigenvalue weighted by atomic mass is 10.1. The molecule has 0 aliphatic heterocycles. The summed E-state index contributed by atoms with van der Waals surface area (Å²) in [5.41, 5.74) is 9.14. The molecule has 6 nitrogen and oxygen atoms in total. The van der Waals surface area contributed by atoms with E-state index < -0.39 is 9.84 Å². The van der Waals surface area contributed by atoms with Crippen molar-refractivity contribution in [3.63, 3.8) is 0 Å². The summed E-state index contributed by atoms with van der Waals surface area (Å²) in [7, 11) is 0.135. The largest absolute Gasteiger partial charge is 0.377 e. The Bertz CT molecular complexity index is 850. The number of hydrogen-bond donors (Lipinski definition) is 0. The highest BCUT2D eigenvalue weighted by atomic mass is 32.2. The molecule has 0 aliphatic rings. The molecule has 0 heterocycles. The first kappa shape index (κ1) is 14.9. The summed E-state index contributed by atoms with van der Waals surface area (Å²) in [6.45, 7) is 0. The Morgan fingerprint density at radius 2 is 1.81 bits per heavy atom. The van der Waals surface area contributed by atoms with Gasteiger partial charge in [-0.15, -0.1) is 0 Å². The van der Waals surface area contributed by atoms with Gasteiger partial charge < -0.3 is 4.90 Å². The standard InChI is InChI=1S/C14H14N4O2S/c1-18(2)13-7-3-6-12-11(13)5-4-8-14(12)21(19,20)10-9-16-17-15/h3-10H,1-2H3. The van der Waals surface area contributed by atoms with Crippen LogP contribution in [0.3, 0.4) is 0 Å². The van der Waals surface area contributed by atoms with Crippen LogP contribution in [-0.4, -0.2) is 22.5 Å². The molecule has 0 fully saturated rings. The minimum absolute atomic E-state index is 0.188. The number of benzene rings is 2. The molecule has 0 radical (unpaired) electrons. The average molecular weight is 302 g/mol. The normalized spacial score (nSPS) is 11.5. The maximum Gasteiger partial charge on any atom is 0.200 e. The van der Waals surface area contributed by atoms with Gasteiger partial charge in [-0.05, 0) is 17.7 Å². The zero-order valence-electron chi connectivity index (χ0n) is 11.6. The van der Waals surface area contributed by atoms with Gasteiger partial charge in [0.2, 0.25) is 0 Å². The molecule has 0 bridgehead atoms. The van der Waals surface area contributed by atoms with Gasteiger partial charge in [0.15, 0.2) is 9.84 Å². The zero-order chi connectivity index (χ0) is 15.5. The number of sulfone groups is 1. The van der Waals surface area contributed by atoms with Crippen molar-refractivity contribution in [3.05, 3.63) is 58.4 Å². The Hall–Kier alpha value is -2.50. The van der Waals surface area contributed by atoms with Crippen molar-refractivity contribution in [3.8, 4) is 0 Å². The molecule has 7 heteroatoms. The number of anilines is 1. The van der Waals surface area contributed by atoms with E-state index in [-0.39, 0.29) is 4.90 Å². The van der Waals surface area contributed by atoms with Gasteiger partial charge in [0.25, 0.3) is 0 Å². The summed E-state index contributed by atoms with van der Waals surface area (Å²) in [5.74, 6) is 0. The minimum atomic E-state index is -3.67. The van der Waals surface area contributed by atoms with Gasteiger partial charge in [-0.1, -0.05) is 29.4 Å². The van der Waals surface area contributed by atoms with Crippen molar-refractivity contribution in [1.29, 1.82) is 0 Å². The summed E-state index contributed by atoms with van der Waals surface area (Å²) >= 11 is 0. The molecule has 0 aromatic heterocycles. The first-order chi connectivity index (χ1) is 9.97. The van der Waals surface area contributed by atoms with E-state index in [0.717, 1.165) is 22.7 Å². The van der Waals surface area contributed by atoms with Crippen LogP contribution < -0.4 is 4.90 Å². The highest BCUT2D eigenvalue weighted by Crippen LogP contribution is 2.30. The Morgan fingerprint density at radius 1 is 1.14 bits per heavy atom. The number of hydrogen-bond acceptors (Lipinski definition) is 4. The van der Waals surface area contributed by atoms with Crippen molar-refractivity contribution in [2.45, 2.75) is 4.90 Å². The molecule has 0 atom stereocenters. The van der Waals surface area contributed by atoms with E-state index in [2.05, 4.69) is 10.0 Å². The number of azide groups is 1. The van der Waals surface area contributed by atoms with Crippen LogP contribution >= 0.6 is 0 Å². The number of rotatable bonds is 4. The lowest BCUT2D eigenvalue weighted by Gasteiger charge is -2.16. The lowest BCUT2D eigenvalue weighted by molar-refractivity contribution is 0.605. The van der Waals surface area contributed by atoms with Gasteiger partial charge in [-0.25, -0.2) is 8.42 Å². The molecule has 0 N–H and O–H groups in total. The van der Waals surface area contributed by atoms with Gasteiger partial charge in [-0.2, -0.15) is 0 Å². The summed E-state index contributed by atoms with van der Waals surface area (Å²) in [6.07, 6.45) is 0.934. The Labute approximate surface area is 122 Å². The van der Waals surface area contributed by atoms with Crippen molar-refractivity contribution in [2.75, 3.05) is 19.0 Å². The highest BCUT2D eigenvalue weighted by Gasteiger charge is 2.15. The zero-order valence-corrected chi connectivity index (χ0v) is 12.4.